The van der Waals surface area contributed by atoms with Gasteiger partial charge in [0.25, 0.3) is 0 Å². The summed E-state index contributed by atoms with van der Waals surface area (Å²) in [4.78, 5) is 16.7. The Morgan fingerprint density at radius 3 is 3.00 bits per heavy atom. The van der Waals surface area contributed by atoms with Gasteiger partial charge in [-0.05, 0) is 17.9 Å². The highest BCUT2D eigenvalue weighted by Gasteiger charge is 2.20. The summed E-state index contributed by atoms with van der Waals surface area (Å²) < 4.78 is 26.1. The average molecular weight is 290 g/mol. The van der Waals surface area contributed by atoms with Crippen molar-refractivity contribution < 1.29 is 18.0 Å². The Hall–Kier alpha value is -0.960. The van der Waals surface area contributed by atoms with Crippen molar-refractivity contribution in [2.75, 3.05) is 19.7 Å². The van der Waals surface area contributed by atoms with Crippen LogP contribution in [0.5, 0.6) is 0 Å². The third-order valence-corrected chi connectivity index (χ3v) is 5.28. The molecular weight excluding hydrogens is 276 g/mol. The molecule has 0 bridgehead atoms. The highest BCUT2D eigenvalue weighted by molar-refractivity contribution is 7.91. The minimum absolute atomic E-state index is 0.0823. The van der Waals surface area contributed by atoms with Crippen molar-refractivity contribution in [3.05, 3.63) is 17.5 Å². The van der Waals surface area contributed by atoms with E-state index < -0.39 is 10.0 Å². The molecule has 0 saturated carbocycles. The summed E-state index contributed by atoms with van der Waals surface area (Å²) in [6.45, 7) is 1.21. The largest absolute Gasteiger partial charge is 0.273 e. The molecule has 18 heavy (non-hydrogen) atoms. The minimum Gasteiger partial charge on any atom is -0.273 e. The monoisotopic (exact) mass is 290 g/mol. The van der Waals surface area contributed by atoms with Crippen molar-refractivity contribution in [2.45, 2.75) is 17.1 Å². The number of nitrogens with one attached hydrogen (secondary N) is 1. The predicted octanol–water partition coefficient (Wildman–Crippen LogP) is 0.580. The summed E-state index contributed by atoms with van der Waals surface area (Å²) in [5.74, 6) is -0.193. The van der Waals surface area contributed by atoms with Gasteiger partial charge in [-0.25, -0.2) is 18.2 Å². The van der Waals surface area contributed by atoms with E-state index in [2.05, 4.69) is 4.72 Å². The van der Waals surface area contributed by atoms with Crippen molar-refractivity contribution in [3.63, 3.8) is 0 Å². The number of amides is 1. The Bertz CT molecular complexity index is 492. The maximum absolute atomic E-state index is 11.7. The molecule has 2 rings (SSSR count). The smallest absolute Gasteiger partial charge is 0.250 e. The van der Waals surface area contributed by atoms with Gasteiger partial charge in [0.1, 0.15) is 4.21 Å². The van der Waals surface area contributed by atoms with E-state index in [-0.39, 0.29) is 23.1 Å². The van der Waals surface area contributed by atoms with Crippen LogP contribution in [-0.2, 0) is 19.7 Å². The fourth-order valence-electron chi connectivity index (χ4n) is 1.55. The standard InChI is InChI=1S/C10H14N2O4S2/c13-9(12-6-2-7-16-12)4-5-11-18(14,15)10-3-1-8-17-10/h1,3,8,11H,2,4-7H2. The number of sulfonamides is 1. The lowest BCUT2D eigenvalue weighted by atomic mass is 10.4. The van der Waals surface area contributed by atoms with Crippen LogP contribution in [-0.4, -0.2) is 39.1 Å². The summed E-state index contributed by atoms with van der Waals surface area (Å²) in [6.07, 6.45) is 0.928. The van der Waals surface area contributed by atoms with E-state index in [1.54, 1.807) is 11.4 Å². The molecule has 1 aromatic heterocycles. The summed E-state index contributed by atoms with van der Waals surface area (Å²) in [6, 6.07) is 3.20. The Morgan fingerprint density at radius 1 is 1.56 bits per heavy atom. The summed E-state index contributed by atoms with van der Waals surface area (Å²) in [5.41, 5.74) is 0. The van der Waals surface area contributed by atoms with Crippen LogP contribution < -0.4 is 4.72 Å². The molecule has 0 aliphatic carbocycles. The van der Waals surface area contributed by atoms with Crippen molar-refractivity contribution in [3.8, 4) is 0 Å². The van der Waals surface area contributed by atoms with Gasteiger partial charge in [-0.1, -0.05) is 6.07 Å². The molecule has 0 unspecified atom stereocenters. The van der Waals surface area contributed by atoms with Crippen molar-refractivity contribution in [1.82, 2.24) is 9.79 Å². The van der Waals surface area contributed by atoms with E-state index >= 15 is 0 Å². The van der Waals surface area contributed by atoms with Gasteiger partial charge in [-0.15, -0.1) is 11.3 Å². The van der Waals surface area contributed by atoms with Gasteiger partial charge >= 0.3 is 0 Å². The highest BCUT2D eigenvalue weighted by atomic mass is 32.2. The second-order valence-electron chi connectivity index (χ2n) is 3.76. The molecule has 1 aromatic rings. The molecule has 1 aliphatic rings. The Balaban J connectivity index is 1.80. The van der Waals surface area contributed by atoms with E-state index in [9.17, 15) is 13.2 Å². The van der Waals surface area contributed by atoms with Gasteiger partial charge in [-0.3, -0.25) is 9.63 Å². The molecule has 1 saturated heterocycles. The average Bonchev–Trinajstić information content (AvgIpc) is 3.02. The topological polar surface area (TPSA) is 75.7 Å². The number of thiophene rings is 1. The van der Waals surface area contributed by atoms with Crippen LogP contribution in [0.2, 0.25) is 0 Å². The molecule has 8 heteroatoms. The van der Waals surface area contributed by atoms with Gasteiger partial charge in [0.2, 0.25) is 15.9 Å². The van der Waals surface area contributed by atoms with Gasteiger partial charge in [0.15, 0.2) is 0 Å². The molecule has 1 aliphatic heterocycles. The molecule has 100 valence electrons. The number of hydrogen-bond acceptors (Lipinski definition) is 5. The number of carbonyl (C=O) groups is 1. The van der Waals surface area contributed by atoms with E-state index in [0.29, 0.717) is 13.2 Å². The zero-order valence-electron chi connectivity index (χ0n) is 9.66. The first kappa shape index (κ1) is 13.5. The zero-order chi connectivity index (χ0) is 13.0. The second kappa shape index (κ2) is 5.79. The number of rotatable bonds is 5. The first-order valence-electron chi connectivity index (χ1n) is 5.56. The van der Waals surface area contributed by atoms with Crippen LogP contribution in [0.15, 0.2) is 21.7 Å². The van der Waals surface area contributed by atoms with E-state index in [0.717, 1.165) is 17.8 Å². The van der Waals surface area contributed by atoms with Crippen molar-refractivity contribution in [1.29, 1.82) is 0 Å². The molecule has 1 amide bonds. The van der Waals surface area contributed by atoms with Gasteiger partial charge in [-0.2, -0.15) is 0 Å². The quantitative estimate of drug-likeness (QED) is 0.860. The summed E-state index contributed by atoms with van der Waals surface area (Å²) in [5, 5.41) is 2.98. The highest BCUT2D eigenvalue weighted by Crippen LogP contribution is 2.15. The number of nitrogens with zero attached hydrogens (tertiary/aromatic N) is 1. The molecule has 0 atom stereocenters. The third-order valence-electron chi connectivity index (χ3n) is 2.42. The third kappa shape index (κ3) is 3.29. The van der Waals surface area contributed by atoms with Gasteiger partial charge in [0.05, 0.1) is 13.2 Å². The summed E-state index contributed by atoms with van der Waals surface area (Å²) in [7, 11) is -3.48. The number of hydrogen-bond donors (Lipinski definition) is 1. The zero-order valence-corrected chi connectivity index (χ0v) is 11.3. The molecular formula is C10H14N2O4S2. The Kier molecular flexibility index (Phi) is 4.33. The fraction of sp³-hybridized carbons (Fsp3) is 0.500. The normalized spacial score (nSPS) is 16.1. The summed E-state index contributed by atoms with van der Waals surface area (Å²) >= 11 is 1.14. The van der Waals surface area contributed by atoms with E-state index in [1.165, 1.54) is 11.1 Å². The van der Waals surface area contributed by atoms with Crippen LogP contribution in [0, 0.1) is 0 Å². The van der Waals surface area contributed by atoms with Crippen LogP contribution in [0.1, 0.15) is 12.8 Å². The first-order chi connectivity index (χ1) is 8.59. The van der Waals surface area contributed by atoms with Crippen LogP contribution in [0.4, 0.5) is 0 Å². The lowest BCUT2D eigenvalue weighted by Crippen LogP contribution is -2.31. The molecule has 1 fully saturated rings. The molecule has 0 radical (unpaired) electrons. The molecule has 0 spiro atoms. The van der Waals surface area contributed by atoms with Gasteiger partial charge in [0, 0.05) is 13.0 Å². The van der Waals surface area contributed by atoms with Crippen LogP contribution in [0.3, 0.4) is 0 Å². The van der Waals surface area contributed by atoms with Crippen molar-refractivity contribution in [2.24, 2.45) is 0 Å². The lowest BCUT2D eigenvalue weighted by molar-refractivity contribution is -0.168. The van der Waals surface area contributed by atoms with Crippen LogP contribution >= 0.6 is 11.3 Å². The second-order valence-corrected chi connectivity index (χ2v) is 6.70. The minimum atomic E-state index is -3.48. The van der Waals surface area contributed by atoms with Crippen LogP contribution in [0.25, 0.3) is 0 Å². The Labute approximate surface area is 110 Å². The molecule has 1 N–H and O–H groups in total. The van der Waals surface area contributed by atoms with Crippen molar-refractivity contribution >= 4 is 27.3 Å². The maximum atomic E-state index is 11.7. The number of hydroxylamine groups is 2. The van der Waals surface area contributed by atoms with Gasteiger partial charge < -0.3 is 0 Å². The predicted molar refractivity (Wildman–Crippen MR) is 66.4 cm³/mol. The number of carbonyl (C=O) groups excluding carboxylic acids is 1. The van der Waals surface area contributed by atoms with E-state index in [1.807, 2.05) is 0 Å². The Morgan fingerprint density at radius 2 is 2.39 bits per heavy atom. The first-order valence-corrected chi connectivity index (χ1v) is 7.92. The lowest BCUT2D eigenvalue weighted by Gasteiger charge is -2.13. The molecule has 2 heterocycles. The molecule has 0 aromatic carbocycles. The molecule has 6 nitrogen and oxygen atoms in total. The maximum Gasteiger partial charge on any atom is 0.250 e. The fourth-order valence-corrected chi connectivity index (χ4v) is 3.62. The SMILES string of the molecule is O=C(CCNS(=O)(=O)c1cccs1)N1CCCO1. The van der Waals surface area contributed by atoms with E-state index in [4.69, 9.17) is 4.84 Å².